The summed E-state index contributed by atoms with van der Waals surface area (Å²) in [7, 11) is 0. The van der Waals surface area contributed by atoms with Crippen molar-refractivity contribution in [2.24, 2.45) is 0 Å². The molecule has 0 atom stereocenters. The van der Waals surface area contributed by atoms with E-state index in [1.165, 1.54) is 12.8 Å². The van der Waals surface area contributed by atoms with Crippen LogP contribution in [0.3, 0.4) is 0 Å². The van der Waals surface area contributed by atoms with Crippen LogP contribution < -0.4 is 4.74 Å². The maximum Gasteiger partial charge on any atom is 0.345 e. The Balaban J connectivity index is 1.63. The van der Waals surface area contributed by atoms with Crippen LogP contribution in [0.5, 0.6) is 5.75 Å². The zero-order valence-electron chi connectivity index (χ0n) is 15.4. The lowest BCUT2D eigenvalue weighted by Gasteiger charge is -2.05. The minimum Gasteiger partial charge on any atom is -0.423 e. The average Bonchev–Trinajstić information content (AvgIpc) is 3.07. The van der Waals surface area contributed by atoms with E-state index in [2.05, 4.69) is 22.5 Å². The molecule has 4 aromatic rings. The van der Waals surface area contributed by atoms with Gasteiger partial charge in [0.1, 0.15) is 5.75 Å². The van der Waals surface area contributed by atoms with E-state index in [4.69, 9.17) is 4.74 Å². The number of unbranched alkanes of at least 4 members (excludes halogenated alkanes) is 2. The molecule has 0 aliphatic heterocycles. The van der Waals surface area contributed by atoms with Crippen LogP contribution in [0, 0.1) is 0 Å². The SMILES string of the molecule is CCCCCn1cc(C(=O)Oc2ccc3ncccc3c2)c2ccccc21. The van der Waals surface area contributed by atoms with Gasteiger partial charge in [0.25, 0.3) is 0 Å². The maximum atomic E-state index is 12.9. The molecule has 0 N–H and O–H groups in total. The van der Waals surface area contributed by atoms with E-state index < -0.39 is 0 Å². The molecule has 0 amide bonds. The number of rotatable bonds is 6. The zero-order chi connectivity index (χ0) is 18.6. The Bertz CT molecular complexity index is 1100. The van der Waals surface area contributed by atoms with Gasteiger partial charge >= 0.3 is 5.97 Å². The molecule has 0 saturated heterocycles. The summed E-state index contributed by atoms with van der Waals surface area (Å²) in [6.07, 6.45) is 7.12. The number of ether oxygens (including phenoxy) is 1. The van der Waals surface area contributed by atoms with E-state index in [1.807, 2.05) is 48.7 Å². The van der Waals surface area contributed by atoms with Gasteiger partial charge < -0.3 is 9.30 Å². The maximum absolute atomic E-state index is 12.9. The lowest BCUT2D eigenvalue weighted by atomic mass is 10.2. The number of benzene rings is 2. The molecular weight excluding hydrogens is 336 g/mol. The summed E-state index contributed by atoms with van der Waals surface area (Å²) in [4.78, 5) is 17.2. The minimum atomic E-state index is -0.330. The number of aromatic nitrogens is 2. The van der Waals surface area contributed by atoms with Crippen molar-refractivity contribution in [3.05, 3.63) is 72.6 Å². The Labute approximate surface area is 158 Å². The Hall–Kier alpha value is -3.14. The standard InChI is InChI=1S/C23H22N2O2/c1-2-3-6-14-25-16-20(19-9-4-5-10-22(19)25)23(26)27-18-11-12-21-17(15-18)8-7-13-24-21/h4-5,7-13,15-16H,2-3,6,14H2,1H3. The number of hydrogen-bond acceptors (Lipinski definition) is 3. The first kappa shape index (κ1) is 17.3. The van der Waals surface area contributed by atoms with Crippen molar-refractivity contribution in [1.29, 1.82) is 0 Å². The van der Waals surface area contributed by atoms with Gasteiger partial charge in [0.05, 0.1) is 11.1 Å². The summed E-state index contributed by atoms with van der Waals surface area (Å²) >= 11 is 0. The molecule has 0 fully saturated rings. The molecule has 27 heavy (non-hydrogen) atoms. The molecular formula is C23H22N2O2. The van der Waals surface area contributed by atoms with Crippen LogP contribution in [0.2, 0.25) is 0 Å². The van der Waals surface area contributed by atoms with Crippen molar-refractivity contribution in [2.75, 3.05) is 0 Å². The smallest absolute Gasteiger partial charge is 0.345 e. The molecule has 2 aromatic carbocycles. The van der Waals surface area contributed by atoms with Gasteiger partial charge in [-0.3, -0.25) is 4.98 Å². The lowest BCUT2D eigenvalue weighted by molar-refractivity contribution is 0.0737. The second kappa shape index (κ2) is 7.62. The van der Waals surface area contributed by atoms with Crippen molar-refractivity contribution < 1.29 is 9.53 Å². The van der Waals surface area contributed by atoms with Gasteiger partial charge in [0.15, 0.2) is 0 Å². The normalized spacial score (nSPS) is 11.1. The van der Waals surface area contributed by atoms with E-state index in [0.29, 0.717) is 11.3 Å². The van der Waals surface area contributed by atoms with E-state index in [-0.39, 0.29) is 5.97 Å². The van der Waals surface area contributed by atoms with Crippen molar-refractivity contribution in [1.82, 2.24) is 9.55 Å². The van der Waals surface area contributed by atoms with Gasteiger partial charge in [-0.25, -0.2) is 4.79 Å². The molecule has 0 spiro atoms. The molecule has 4 heteroatoms. The predicted octanol–water partition coefficient (Wildman–Crippen LogP) is 5.60. The van der Waals surface area contributed by atoms with E-state index in [0.717, 1.165) is 34.8 Å². The fourth-order valence-corrected chi connectivity index (χ4v) is 3.41. The quantitative estimate of drug-likeness (QED) is 0.256. The highest BCUT2D eigenvalue weighted by molar-refractivity contribution is 6.05. The molecule has 2 aromatic heterocycles. The number of esters is 1. The van der Waals surface area contributed by atoms with Crippen LogP contribution in [-0.4, -0.2) is 15.5 Å². The molecule has 4 nitrogen and oxygen atoms in total. The van der Waals surface area contributed by atoms with Crippen LogP contribution in [0.4, 0.5) is 0 Å². The summed E-state index contributed by atoms with van der Waals surface area (Å²) in [5.74, 6) is 0.201. The summed E-state index contributed by atoms with van der Waals surface area (Å²) in [5.41, 5.74) is 2.56. The summed E-state index contributed by atoms with van der Waals surface area (Å²) in [5, 5.41) is 1.88. The molecule has 4 rings (SSSR count). The number of carbonyl (C=O) groups excluding carboxylic acids is 1. The Kier molecular flexibility index (Phi) is 4.88. The monoisotopic (exact) mass is 358 g/mol. The van der Waals surface area contributed by atoms with Crippen LogP contribution in [0.25, 0.3) is 21.8 Å². The average molecular weight is 358 g/mol. The topological polar surface area (TPSA) is 44.1 Å². The van der Waals surface area contributed by atoms with Crippen molar-refractivity contribution >= 4 is 27.8 Å². The first-order valence-corrected chi connectivity index (χ1v) is 9.41. The third-order valence-electron chi connectivity index (χ3n) is 4.80. The second-order valence-corrected chi connectivity index (χ2v) is 6.71. The largest absolute Gasteiger partial charge is 0.423 e. The van der Waals surface area contributed by atoms with E-state index >= 15 is 0 Å². The van der Waals surface area contributed by atoms with Crippen molar-refractivity contribution in [3.63, 3.8) is 0 Å². The van der Waals surface area contributed by atoms with E-state index in [1.54, 1.807) is 12.3 Å². The second-order valence-electron chi connectivity index (χ2n) is 6.71. The van der Waals surface area contributed by atoms with Crippen LogP contribution in [0.15, 0.2) is 67.0 Å². The Morgan fingerprint density at radius 3 is 2.85 bits per heavy atom. The molecule has 2 heterocycles. The van der Waals surface area contributed by atoms with Crippen LogP contribution >= 0.6 is 0 Å². The summed E-state index contributed by atoms with van der Waals surface area (Å²) in [6, 6.07) is 17.3. The number of nitrogens with zero attached hydrogens (tertiary/aromatic N) is 2. The van der Waals surface area contributed by atoms with Crippen molar-refractivity contribution in [3.8, 4) is 5.75 Å². The van der Waals surface area contributed by atoms with Crippen LogP contribution in [-0.2, 0) is 6.54 Å². The van der Waals surface area contributed by atoms with Gasteiger partial charge in [-0.15, -0.1) is 0 Å². The predicted molar refractivity (Wildman–Crippen MR) is 108 cm³/mol. The van der Waals surface area contributed by atoms with Crippen molar-refractivity contribution in [2.45, 2.75) is 32.7 Å². The van der Waals surface area contributed by atoms with Gasteiger partial charge in [-0.1, -0.05) is 44.0 Å². The number of fused-ring (bicyclic) bond motifs is 2. The zero-order valence-corrected chi connectivity index (χ0v) is 15.4. The third kappa shape index (κ3) is 3.56. The Morgan fingerprint density at radius 2 is 1.96 bits per heavy atom. The number of para-hydroxylation sites is 1. The molecule has 0 aliphatic rings. The number of hydrogen-bond donors (Lipinski definition) is 0. The number of aryl methyl sites for hydroxylation is 1. The molecule has 136 valence electrons. The van der Waals surface area contributed by atoms with E-state index in [9.17, 15) is 4.79 Å². The molecule has 0 unspecified atom stereocenters. The van der Waals surface area contributed by atoms with Crippen LogP contribution in [0.1, 0.15) is 36.5 Å². The highest BCUT2D eigenvalue weighted by atomic mass is 16.5. The first-order chi connectivity index (χ1) is 13.3. The highest BCUT2D eigenvalue weighted by Crippen LogP contribution is 2.25. The summed E-state index contributed by atoms with van der Waals surface area (Å²) < 4.78 is 7.83. The first-order valence-electron chi connectivity index (χ1n) is 9.41. The molecule has 0 aliphatic carbocycles. The Morgan fingerprint density at radius 1 is 1.07 bits per heavy atom. The minimum absolute atomic E-state index is 0.330. The molecule has 0 radical (unpaired) electrons. The third-order valence-corrected chi connectivity index (χ3v) is 4.80. The summed E-state index contributed by atoms with van der Waals surface area (Å²) in [6.45, 7) is 3.10. The van der Waals surface area contributed by atoms with Gasteiger partial charge in [0, 0.05) is 35.2 Å². The molecule has 0 saturated carbocycles. The number of carbonyl (C=O) groups is 1. The number of pyridine rings is 1. The van der Waals surface area contributed by atoms with Gasteiger partial charge in [-0.2, -0.15) is 0 Å². The fourth-order valence-electron chi connectivity index (χ4n) is 3.41. The lowest BCUT2D eigenvalue weighted by Crippen LogP contribution is -2.08. The molecule has 0 bridgehead atoms. The van der Waals surface area contributed by atoms with Gasteiger partial charge in [-0.05, 0) is 36.8 Å². The fraction of sp³-hybridized carbons (Fsp3) is 0.217. The highest BCUT2D eigenvalue weighted by Gasteiger charge is 2.17. The van der Waals surface area contributed by atoms with Gasteiger partial charge in [0.2, 0.25) is 0 Å².